The number of rotatable bonds is 4. The third-order valence-corrected chi connectivity index (χ3v) is 2.31. The van der Waals surface area contributed by atoms with Crippen LogP contribution >= 0.6 is 0 Å². The number of carbonyl (C=O) groups excluding carboxylic acids is 1. The quantitative estimate of drug-likeness (QED) is 0.578. The van der Waals surface area contributed by atoms with Crippen LogP contribution in [0.5, 0.6) is 11.5 Å². The highest BCUT2D eigenvalue weighted by atomic mass is 16.5. The Morgan fingerprint density at radius 2 is 1.75 bits per heavy atom. The van der Waals surface area contributed by atoms with Gasteiger partial charge in [0.05, 0.1) is 14.2 Å². The number of aryl methyl sites for hydroxylation is 1. The third-order valence-electron chi connectivity index (χ3n) is 2.31. The summed E-state index contributed by atoms with van der Waals surface area (Å²) in [4.78, 5) is 11.8. The third kappa shape index (κ3) is 2.42. The molecule has 0 unspecified atom stereocenters. The first-order valence-electron chi connectivity index (χ1n) is 5.03. The summed E-state index contributed by atoms with van der Waals surface area (Å²) in [6.45, 7) is 3.69. The molecule has 0 heterocycles. The Hall–Kier alpha value is -1.77. The van der Waals surface area contributed by atoms with Crippen LogP contribution in [0.3, 0.4) is 0 Å². The first-order valence-corrected chi connectivity index (χ1v) is 5.03. The van der Waals surface area contributed by atoms with E-state index < -0.39 is 0 Å². The van der Waals surface area contributed by atoms with Crippen LogP contribution in [0, 0.1) is 6.92 Å². The van der Waals surface area contributed by atoms with Crippen molar-refractivity contribution in [2.45, 2.75) is 13.8 Å². The molecule has 0 aromatic heterocycles. The number of hydrogen-bond acceptors (Lipinski definition) is 3. The topological polar surface area (TPSA) is 35.5 Å². The van der Waals surface area contributed by atoms with Crippen molar-refractivity contribution < 1.29 is 14.3 Å². The van der Waals surface area contributed by atoms with Crippen LogP contribution < -0.4 is 9.47 Å². The Bertz CT molecular complexity index is 419. The van der Waals surface area contributed by atoms with E-state index in [1.807, 2.05) is 13.8 Å². The molecule has 1 rings (SSSR count). The molecule has 0 saturated carbocycles. The molecule has 0 aliphatic heterocycles. The van der Waals surface area contributed by atoms with Crippen LogP contribution in [0.1, 0.15) is 22.8 Å². The molecule has 0 aliphatic carbocycles. The molecule has 86 valence electrons. The standard InChI is InChI=1S/C13H16O3/c1-5-6-11(14)10-8-13(16-4)12(15-3)7-9(10)2/h5-8H,1-4H3. The molecular weight excluding hydrogens is 204 g/mol. The lowest BCUT2D eigenvalue weighted by Crippen LogP contribution is -2.00. The molecule has 0 aliphatic rings. The Kier molecular flexibility index (Phi) is 4.11. The van der Waals surface area contributed by atoms with E-state index in [0.717, 1.165) is 5.56 Å². The molecule has 0 saturated heterocycles. The van der Waals surface area contributed by atoms with Crippen LogP contribution in [-0.2, 0) is 0 Å². The Balaban J connectivity index is 3.26. The van der Waals surface area contributed by atoms with Crippen molar-refractivity contribution in [1.82, 2.24) is 0 Å². The van der Waals surface area contributed by atoms with Gasteiger partial charge in [-0.15, -0.1) is 0 Å². The van der Waals surface area contributed by atoms with Gasteiger partial charge in [-0.05, 0) is 37.6 Å². The summed E-state index contributed by atoms with van der Waals surface area (Å²) >= 11 is 0. The Labute approximate surface area is 95.7 Å². The number of carbonyl (C=O) groups is 1. The minimum Gasteiger partial charge on any atom is -0.493 e. The normalized spacial score (nSPS) is 10.5. The van der Waals surface area contributed by atoms with E-state index in [0.29, 0.717) is 17.1 Å². The van der Waals surface area contributed by atoms with Gasteiger partial charge in [0.2, 0.25) is 0 Å². The number of ketones is 1. The minimum atomic E-state index is -0.0269. The zero-order valence-electron chi connectivity index (χ0n) is 10.0. The number of methoxy groups -OCH3 is 2. The van der Waals surface area contributed by atoms with Gasteiger partial charge in [0.1, 0.15) is 0 Å². The second-order valence-electron chi connectivity index (χ2n) is 3.39. The van der Waals surface area contributed by atoms with E-state index >= 15 is 0 Å². The largest absolute Gasteiger partial charge is 0.493 e. The minimum absolute atomic E-state index is 0.0269. The molecule has 0 bridgehead atoms. The second kappa shape index (κ2) is 5.35. The monoisotopic (exact) mass is 220 g/mol. The summed E-state index contributed by atoms with van der Waals surface area (Å²) in [7, 11) is 3.13. The molecule has 3 heteroatoms. The van der Waals surface area contributed by atoms with Gasteiger partial charge in [-0.2, -0.15) is 0 Å². The zero-order chi connectivity index (χ0) is 12.1. The van der Waals surface area contributed by atoms with Crippen molar-refractivity contribution in [3.8, 4) is 11.5 Å². The highest BCUT2D eigenvalue weighted by Crippen LogP contribution is 2.30. The fourth-order valence-electron chi connectivity index (χ4n) is 1.49. The summed E-state index contributed by atoms with van der Waals surface area (Å²) in [5.74, 6) is 1.18. The van der Waals surface area contributed by atoms with E-state index in [-0.39, 0.29) is 5.78 Å². The molecule has 1 aromatic carbocycles. The van der Waals surface area contributed by atoms with Gasteiger partial charge in [-0.25, -0.2) is 0 Å². The van der Waals surface area contributed by atoms with Crippen LogP contribution in [0.25, 0.3) is 0 Å². The van der Waals surface area contributed by atoms with E-state index in [2.05, 4.69) is 0 Å². The lowest BCUT2D eigenvalue weighted by atomic mass is 10.0. The van der Waals surface area contributed by atoms with Gasteiger partial charge in [-0.1, -0.05) is 6.08 Å². The molecule has 1 aromatic rings. The summed E-state index contributed by atoms with van der Waals surface area (Å²) in [6, 6.07) is 3.51. The maximum atomic E-state index is 11.8. The number of allylic oxidation sites excluding steroid dienone is 2. The van der Waals surface area contributed by atoms with Crippen molar-refractivity contribution in [2.75, 3.05) is 14.2 Å². The first-order chi connectivity index (χ1) is 7.63. The number of ether oxygens (including phenoxy) is 2. The predicted molar refractivity (Wildman–Crippen MR) is 63.4 cm³/mol. The first kappa shape index (κ1) is 12.3. The van der Waals surface area contributed by atoms with Crippen LogP contribution in [0.15, 0.2) is 24.3 Å². The second-order valence-corrected chi connectivity index (χ2v) is 3.39. The van der Waals surface area contributed by atoms with E-state index in [1.165, 1.54) is 6.08 Å². The van der Waals surface area contributed by atoms with Gasteiger partial charge in [-0.3, -0.25) is 4.79 Å². The van der Waals surface area contributed by atoms with Crippen LogP contribution in [-0.4, -0.2) is 20.0 Å². The molecule has 0 N–H and O–H groups in total. The predicted octanol–water partition coefficient (Wildman–Crippen LogP) is 2.77. The van der Waals surface area contributed by atoms with Gasteiger partial charge in [0.25, 0.3) is 0 Å². The summed E-state index contributed by atoms with van der Waals surface area (Å²) in [5.41, 5.74) is 1.51. The molecule has 0 amide bonds. The summed E-state index contributed by atoms with van der Waals surface area (Å²) in [6.07, 6.45) is 3.26. The maximum absolute atomic E-state index is 11.8. The highest BCUT2D eigenvalue weighted by Gasteiger charge is 2.12. The zero-order valence-corrected chi connectivity index (χ0v) is 10.0. The van der Waals surface area contributed by atoms with Crippen molar-refractivity contribution in [2.24, 2.45) is 0 Å². The Morgan fingerprint density at radius 3 is 2.25 bits per heavy atom. The smallest absolute Gasteiger partial charge is 0.185 e. The summed E-state index contributed by atoms with van der Waals surface area (Å²) in [5, 5.41) is 0. The van der Waals surface area contributed by atoms with E-state index in [9.17, 15) is 4.79 Å². The van der Waals surface area contributed by atoms with Crippen LogP contribution in [0.4, 0.5) is 0 Å². The molecule has 3 nitrogen and oxygen atoms in total. The molecule has 0 fully saturated rings. The lowest BCUT2D eigenvalue weighted by Gasteiger charge is -2.10. The van der Waals surface area contributed by atoms with E-state index in [1.54, 1.807) is 32.4 Å². The van der Waals surface area contributed by atoms with Crippen LogP contribution in [0.2, 0.25) is 0 Å². The fourth-order valence-corrected chi connectivity index (χ4v) is 1.49. The molecular formula is C13H16O3. The van der Waals surface area contributed by atoms with Crippen molar-refractivity contribution in [3.63, 3.8) is 0 Å². The highest BCUT2D eigenvalue weighted by molar-refractivity contribution is 6.06. The molecule has 0 atom stereocenters. The number of hydrogen-bond donors (Lipinski definition) is 0. The van der Waals surface area contributed by atoms with Gasteiger partial charge < -0.3 is 9.47 Å². The molecule has 0 spiro atoms. The van der Waals surface area contributed by atoms with Gasteiger partial charge in [0.15, 0.2) is 17.3 Å². The Morgan fingerprint density at radius 1 is 1.19 bits per heavy atom. The van der Waals surface area contributed by atoms with Crippen molar-refractivity contribution in [1.29, 1.82) is 0 Å². The van der Waals surface area contributed by atoms with Crippen molar-refractivity contribution in [3.05, 3.63) is 35.4 Å². The lowest BCUT2D eigenvalue weighted by molar-refractivity contribution is 0.104. The van der Waals surface area contributed by atoms with Crippen molar-refractivity contribution >= 4 is 5.78 Å². The SMILES string of the molecule is CC=CC(=O)c1cc(OC)c(OC)cc1C. The van der Waals surface area contributed by atoms with E-state index in [4.69, 9.17) is 9.47 Å². The average Bonchev–Trinajstić information content (AvgIpc) is 2.28. The number of benzene rings is 1. The maximum Gasteiger partial charge on any atom is 0.185 e. The van der Waals surface area contributed by atoms with Gasteiger partial charge >= 0.3 is 0 Å². The molecule has 0 radical (unpaired) electrons. The fraction of sp³-hybridized carbons (Fsp3) is 0.308. The van der Waals surface area contributed by atoms with Gasteiger partial charge in [0, 0.05) is 5.56 Å². The molecule has 16 heavy (non-hydrogen) atoms. The summed E-state index contributed by atoms with van der Waals surface area (Å²) < 4.78 is 10.3. The average molecular weight is 220 g/mol.